The van der Waals surface area contributed by atoms with Crippen LogP contribution in [0.15, 0.2) is 36.4 Å². The van der Waals surface area contributed by atoms with E-state index in [0.717, 1.165) is 0 Å². The summed E-state index contributed by atoms with van der Waals surface area (Å²) in [4.78, 5) is 23.8. The van der Waals surface area contributed by atoms with Gasteiger partial charge in [0.2, 0.25) is 0 Å². The van der Waals surface area contributed by atoms with Gasteiger partial charge in [-0.2, -0.15) is 0 Å². The second-order valence-corrected chi connectivity index (χ2v) is 6.78. The third-order valence-electron chi connectivity index (χ3n) is 3.08. The molecule has 0 saturated carbocycles. The van der Waals surface area contributed by atoms with Crippen LogP contribution in [0, 0.1) is 0 Å². The molecule has 5 nitrogen and oxygen atoms in total. The number of amides is 1. The van der Waals surface area contributed by atoms with E-state index in [1.165, 1.54) is 31.2 Å². The highest BCUT2D eigenvalue weighted by Crippen LogP contribution is 2.28. The van der Waals surface area contributed by atoms with Gasteiger partial charge in [-0.3, -0.25) is 4.79 Å². The SMILES string of the molecule is C[C@H](Oc1ccc(Cl)cc1Cl)C(=O)OCC(=O)Nc1ccc(Cl)c(Cl)c1. The maximum Gasteiger partial charge on any atom is 0.347 e. The molecule has 0 aliphatic carbocycles. The van der Waals surface area contributed by atoms with Crippen molar-refractivity contribution >= 4 is 64.0 Å². The fourth-order valence-electron chi connectivity index (χ4n) is 1.83. The fraction of sp³-hybridized carbons (Fsp3) is 0.176. The lowest BCUT2D eigenvalue weighted by atomic mass is 10.3. The molecule has 0 saturated heterocycles. The Morgan fingerprint density at radius 1 is 1.00 bits per heavy atom. The van der Waals surface area contributed by atoms with Crippen LogP contribution in [0.5, 0.6) is 5.75 Å². The number of carbonyl (C=O) groups is 2. The van der Waals surface area contributed by atoms with Gasteiger partial charge in [0.25, 0.3) is 5.91 Å². The van der Waals surface area contributed by atoms with E-state index in [0.29, 0.717) is 20.8 Å². The van der Waals surface area contributed by atoms with Gasteiger partial charge in [0.1, 0.15) is 5.75 Å². The number of benzene rings is 2. The van der Waals surface area contributed by atoms with Crippen molar-refractivity contribution in [2.24, 2.45) is 0 Å². The van der Waals surface area contributed by atoms with Crippen LogP contribution in [0.25, 0.3) is 0 Å². The molecule has 0 aliphatic heterocycles. The second kappa shape index (κ2) is 9.33. The molecule has 1 atom stereocenters. The number of nitrogens with one attached hydrogen (secondary N) is 1. The van der Waals surface area contributed by atoms with Gasteiger partial charge in [-0.05, 0) is 43.3 Å². The van der Waals surface area contributed by atoms with Crippen molar-refractivity contribution in [3.63, 3.8) is 0 Å². The van der Waals surface area contributed by atoms with E-state index in [9.17, 15) is 9.59 Å². The zero-order valence-corrected chi connectivity index (χ0v) is 16.4. The van der Waals surface area contributed by atoms with Gasteiger partial charge in [-0.1, -0.05) is 46.4 Å². The van der Waals surface area contributed by atoms with Crippen LogP contribution in [0.1, 0.15) is 6.92 Å². The van der Waals surface area contributed by atoms with Gasteiger partial charge in [0.05, 0.1) is 15.1 Å². The van der Waals surface area contributed by atoms with Crippen molar-refractivity contribution < 1.29 is 19.1 Å². The van der Waals surface area contributed by atoms with Crippen LogP contribution in [-0.4, -0.2) is 24.6 Å². The summed E-state index contributed by atoms with van der Waals surface area (Å²) in [6.07, 6.45) is -0.966. The zero-order valence-electron chi connectivity index (χ0n) is 13.4. The van der Waals surface area contributed by atoms with Gasteiger partial charge >= 0.3 is 5.97 Å². The molecule has 2 aromatic carbocycles. The van der Waals surface area contributed by atoms with Crippen molar-refractivity contribution in [1.29, 1.82) is 0 Å². The van der Waals surface area contributed by atoms with E-state index in [2.05, 4.69) is 5.32 Å². The smallest absolute Gasteiger partial charge is 0.347 e. The second-order valence-electron chi connectivity index (χ2n) is 5.12. The molecule has 1 N–H and O–H groups in total. The Kier molecular flexibility index (Phi) is 7.41. The quantitative estimate of drug-likeness (QED) is 0.628. The van der Waals surface area contributed by atoms with Gasteiger partial charge in [-0.15, -0.1) is 0 Å². The molecule has 0 radical (unpaired) electrons. The monoisotopic (exact) mass is 435 g/mol. The van der Waals surface area contributed by atoms with Crippen LogP contribution < -0.4 is 10.1 Å². The average molecular weight is 437 g/mol. The Morgan fingerprint density at radius 2 is 1.73 bits per heavy atom. The molecule has 0 aliphatic rings. The van der Waals surface area contributed by atoms with Gasteiger partial charge in [-0.25, -0.2) is 4.79 Å². The predicted octanol–water partition coefficient (Wildman–Crippen LogP) is 5.25. The normalized spacial score (nSPS) is 11.6. The number of esters is 1. The first-order valence-electron chi connectivity index (χ1n) is 7.29. The summed E-state index contributed by atoms with van der Waals surface area (Å²) >= 11 is 23.4. The minimum atomic E-state index is -0.966. The first-order valence-corrected chi connectivity index (χ1v) is 8.80. The number of ether oxygens (including phenoxy) is 2. The van der Waals surface area contributed by atoms with Crippen molar-refractivity contribution in [2.75, 3.05) is 11.9 Å². The molecule has 0 spiro atoms. The largest absolute Gasteiger partial charge is 0.477 e. The van der Waals surface area contributed by atoms with E-state index in [4.69, 9.17) is 55.9 Å². The summed E-state index contributed by atoms with van der Waals surface area (Å²) in [5, 5.41) is 3.89. The summed E-state index contributed by atoms with van der Waals surface area (Å²) in [6, 6.07) is 9.19. The molecule has 2 rings (SSSR count). The Morgan fingerprint density at radius 3 is 2.38 bits per heavy atom. The highest BCUT2D eigenvalue weighted by molar-refractivity contribution is 6.42. The summed E-state index contributed by atoms with van der Waals surface area (Å²) in [5.74, 6) is -0.977. The molecule has 2 aromatic rings. The molecule has 1 amide bonds. The molecular weight excluding hydrogens is 424 g/mol. The summed E-state index contributed by atoms with van der Waals surface area (Å²) in [7, 11) is 0. The van der Waals surface area contributed by atoms with Crippen LogP contribution in [0.4, 0.5) is 5.69 Å². The molecule has 138 valence electrons. The molecular formula is C17H13Cl4NO4. The first kappa shape index (κ1) is 20.6. The van der Waals surface area contributed by atoms with Gasteiger partial charge < -0.3 is 14.8 Å². The van der Waals surface area contributed by atoms with E-state index < -0.39 is 24.6 Å². The van der Waals surface area contributed by atoms with Crippen molar-refractivity contribution in [1.82, 2.24) is 0 Å². The number of rotatable bonds is 6. The maximum atomic E-state index is 11.9. The Bertz CT molecular complexity index is 828. The molecule has 0 aromatic heterocycles. The molecule has 0 bridgehead atoms. The predicted molar refractivity (Wildman–Crippen MR) is 103 cm³/mol. The van der Waals surface area contributed by atoms with Gasteiger partial charge in [0.15, 0.2) is 12.7 Å². The average Bonchev–Trinajstić information content (AvgIpc) is 2.58. The van der Waals surface area contributed by atoms with E-state index in [-0.39, 0.29) is 10.8 Å². The van der Waals surface area contributed by atoms with Crippen LogP contribution in [-0.2, 0) is 14.3 Å². The summed E-state index contributed by atoms with van der Waals surface area (Å²) in [5.41, 5.74) is 0.428. The lowest BCUT2D eigenvalue weighted by Crippen LogP contribution is -2.29. The maximum absolute atomic E-state index is 11.9. The van der Waals surface area contributed by atoms with Crippen LogP contribution in [0.2, 0.25) is 20.1 Å². The lowest BCUT2D eigenvalue weighted by molar-refractivity contribution is -0.153. The van der Waals surface area contributed by atoms with E-state index in [1.807, 2.05) is 0 Å². The highest BCUT2D eigenvalue weighted by Gasteiger charge is 2.19. The summed E-state index contributed by atoms with van der Waals surface area (Å²) in [6.45, 7) is 0.991. The van der Waals surface area contributed by atoms with Gasteiger partial charge in [0, 0.05) is 10.7 Å². The summed E-state index contributed by atoms with van der Waals surface area (Å²) < 4.78 is 10.3. The number of carbonyl (C=O) groups excluding carboxylic acids is 2. The van der Waals surface area contributed by atoms with E-state index in [1.54, 1.807) is 12.1 Å². The molecule has 0 fully saturated rings. The van der Waals surface area contributed by atoms with Crippen LogP contribution >= 0.6 is 46.4 Å². The Hall–Kier alpha value is -1.66. The minimum absolute atomic E-state index is 0.259. The highest BCUT2D eigenvalue weighted by atomic mass is 35.5. The number of anilines is 1. The minimum Gasteiger partial charge on any atom is -0.477 e. The molecule has 0 unspecified atom stereocenters. The third-order valence-corrected chi connectivity index (χ3v) is 4.35. The van der Waals surface area contributed by atoms with Crippen molar-refractivity contribution in [2.45, 2.75) is 13.0 Å². The van der Waals surface area contributed by atoms with Crippen molar-refractivity contribution in [3.8, 4) is 5.75 Å². The molecule has 9 heteroatoms. The first-order chi connectivity index (χ1) is 12.3. The van der Waals surface area contributed by atoms with E-state index >= 15 is 0 Å². The van der Waals surface area contributed by atoms with Crippen LogP contribution in [0.3, 0.4) is 0 Å². The van der Waals surface area contributed by atoms with Crippen molar-refractivity contribution in [3.05, 3.63) is 56.5 Å². The zero-order chi connectivity index (χ0) is 19.3. The third kappa shape index (κ3) is 5.95. The lowest BCUT2D eigenvalue weighted by Gasteiger charge is -2.15. The Balaban J connectivity index is 1.84. The number of hydrogen-bond acceptors (Lipinski definition) is 4. The standard InChI is InChI=1S/C17H13Cl4NO4/c1-9(26-15-5-2-10(18)6-14(15)21)17(24)25-8-16(23)22-11-3-4-12(19)13(20)7-11/h2-7,9H,8H2,1H3,(H,22,23)/t9-/m0/s1. The molecule has 26 heavy (non-hydrogen) atoms. The topological polar surface area (TPSA) is 64.6 Å². The number of halogens is 4. The number of hydrogen-bond donors (Lipinski definition) is 1. The fourth-order valence-corrected chi connectivity index (χ4v) is 2.59. The Labute approximate surface area is 170 Å². The molecule has 0 heterocycles.